The molecule has 0 saturated heterocycles. The van der Waals surface area contributed by atoms with E-state index in [2.05, 4.69) is 0 Å². The molecule has 20 heavy (non-hydrogen) atoms. The normalized spacial score (nSPS) is 13.1. The Morgan fingerprint density at radius 2 is 1.65 bits per heavy atom. The Morgan fingerprint density at radius 1 is 1.05 bits per heavy atom. The number of benzene rings is 1. The summed E-state index contributed by atoms with van der Waals surface area (Å²) in [6.45, 7) is 0.346. The molecule has 1 atom stereocenters. The van der Waals surface area contributed by atoms with Gasteiger partial charge in [-0.1, -0.05) is 0 Å². The number of aliphatic hydroxyl groups excluding tert-OH is 3. The van der Waals surface area contributed by atoms with Gasteiger partial charge < -0.3 is 31.9 Å². The minimum atomic E-state index is -1.53. The molecule has 1 aromatic carbocycles. The number of nitrogens with zero attached hydrogens (tertiary/aromatic N) is 1. The fourth-order valence-electron chi connectivity index (χ4n) is 2.23. The second kappa shape index (κ2) is 8.03. The van der Waals surface area contributed by atoms with Gasteiger partial charge in [0, 0.05) is 36.9 Å². The number of nitrogens with two attached hydrogens (primary N) is 2. The fraction of sp³-hybridized carbons (Fsp3) is 0.538. The minimum absolute atomic E-state index is 0.00759. The van der Waals surface area contributed by atoms with E-state index < -0.39 is 12.3 Å². The van der Waals surface area contributed by atoms with E-state index in [0.29, 0.717) is 16.9 Å². The summed E-state index contributed by atoms with van der Waals surface area (Å²) in [5.74, 6) is 0. The highest BCUT2D eigenvalue weighted by atomic mass is 16.5. The molecule has 0 heterocycles. The first-order chi connectivity index (χ1) is 9.49. The van der Waals surface area contributed by atoms with Crippen LogP contribution in [0.3, 0.4) is 0 Å². The summed E-state index contributed by atoms with van der Waals surface area (Å²) in [4.78, 5) is 1.74. The molecular formula is C13H23N3O4. The van der Waals surface area contributed by atoms with Crippen LogP contribution in [0, 0.1) is 0 Å². The zero-order valence-electron chi connectivity index (χ0n) is 11.3. The first kappa shape index (κ1) is 16.7. The molecule has 1 unspecified atom stereocenters. The van der Waals surface area contributed by atoms with Gasteiger partial charge in [0.15, 0.2) is 6.29 Å². The maximum atomic E-state index is 9.26. The van der Waals surface area contributed by atoms with Crippen LogP contribution in [-0.2, 0) is 0 Å². The van der Waals surface area contributed by atoms with Crippen LogP contribution in [0.2, 0.25) is 0 Å². The average Bonchev–Trinajstić information content (AvgIpc) is 2.39. The van der Waals surface area contributed by atoms with E-state index in [-0.39, 0.29) is 32.7 Å². The number of hydrogen-bond acceptors (Lipinski definition) is 7. The number of hydrogen-bond donors (Lipinski definition) is 6. The monoisotopic (exact) mass is 285 g/mol. The Kier molecular flexibility index (Phi) is 6.69. The van der Waals surface area contributed by atoms with Crippen LogP contribution in [0.15, 0.2) is 18.2 Å². The molecule has 0 saturated carbocycles. The minimum Gasteiger partial charge on any atom is -0.399 e. The topological polar surface area (TPSA) is 136 Å². The van der Waals surface area contributed by atoms with Gasteiger partial charge in [0.2, 0.25) is 0 Å². The Labute approximate surface area is 118 Å². The van der Waals surface area contributed by atoms with E-state index in [9.17, 15) is 10.2 Å². The molecule has 0 bridgehead atoms. The van der Waals surface area contributed by atoms with Crippen molar-refractivity contribution in [3.05, 3.63) is 23.8 Å². The van der Waals surface area contributed by atoms with Crippen molar-refractivity contribution < 1.29 is 20.4 Å². The molecule has 0 aliphatic heterocycles. The highest BCUT2D eigenvalue weighted by Crippen LogP contribution is 2.31. The predicted molar refractivity (Wildman–Crippen MR) is 76.6 cm³/mol. The zero-order valence-corrected chi connectivity index (χ0v) is 11.3. The van der Waals surface area contributed by atoms with Crippen LogP contribution in [0.5, 0.6) is 0 Å². The molecule has 0 aliphatic rings. The summed E-state index contributed by atoms with van der Waals surface area (Å²) in [6, 6.07) is 4.53. The number of aliphatic hydroxyl groups is 4. The average molecular weight is 285 g/mol. The van der Waals surface area contributed by atoms with E-state index in [4.69, 9.17) is 21.7 Å². The molecule has 0 amide bonds. The van der Waals surface area contributed by atoms with Crippen LogP contribution < -0.4 is 11.5 Å². The predicted octanol–water partition coefficient (Wildman–Crippen LogP) is -1.12. The molecule has 7 heteroatoms. The lowest BCUT2D eigenvalue weighted by atomic mass is 9.99. The van der Waals surface area contributed by atoms with E-state index in [1.165, 1.54) is 0 Å². The smallest absolute Gasteiger partial charge is 0.153 e. The summed E-state index contributed by atoms with van der Waals surface area (Å²) in [5, 5.41) is 36.7. The standard InChI is InChI=1S/C13H23N3O4/c14-9-1-2-11(15)10(7-9)12(8-13(19)20)16(3-5-17)4-6-18/h1-2,7,12-13,17-20H,3-6,8,14-15H2. The quantitative estimate of drug-likeness (QED) is 0.263. The molecule has 8 N–H and O–H groups in total. The summed E-state index contributed by atoms with van der Waals surface area (Å²) in [5.41, 5.74) is 13.3. The Morgan fingerprint density at radius 3 is 2.15 bits per heavy atom. The third-order valence-corrected chi connectivity index (χ3v) is 3.12. The molecule has 0 aliphatic carbocycles. The van der Waals surface area contributed by atoms with Gasteiger partial charge in [0.05, 0.1) is 13.2 Å². The lowest BCUT2D eigenvalue weighted by Gasteiger charge is -2.32. The molecule has 0 fully saturated rings. The van der Waals surface area contributed by atoms with E-state index in [1.807, 2.05) is 0 Å². The van der Waals surface area contributed by atoms with E-state index in [0.717, 1.165) is 0 Å². The van der Waals surface area contributed by atoms with Gasteiger partial charge in [-0.3, -0.25) is 4.90 Å². The van der Waals surface area contributed by atoms with Crippen LogP contribution in [0.4, 0.5) is 11.4 Å². The summed E-state index contributed by atoms with van der Waals surface area (Å²) in [6.07, 6.45) is -1.52. The van der Waals surface area contributed by atoms with Crippen molar-refractivity contribution in [3.63, 3.8) is 0 Å². The van der Waals surface area contributed by atoms with Crippen molar-refractivity contribution in [2.24, 2.45) is 0 Å². The third kappa shape index (κ3) is 4.62. The van der Waals surface area contributed by atoms with Gasteiger partial charge in [-0.15, -0.1) is 0 Å². The molecule has 114 valence electrons. The van der Waals surface area contributed by atoms with Crippen molar-refractivity contribution in [1.82, 2.24) is 4.90 Å². The zero-order chi connectivity index (χ0) is 15.1. The van der Waals surface area contributed by atoms with Gasteiger partial charge in [-0.25, -0.2) is 0 Å². The van der Waals surface area contributed by atoms with Gasteiger partial charge in [-0.05, 0) is 23.8 Å². The van der Waals surface area contributed by atoms with E-state index in [1.54, 1.807) is 23.1 Å². The van der Waals surface area contributed by atoms with Crippen molar-refractivity contribution in [2.75, 3.05) is 37.8 Å². The molecule has 7 nitrogen and oxygen atoms in total. The third-order valence-electron chi connectivity index (χ3n) is 3.12. The molecule has 0 spiro atoms. The summed E-state index contributed by atoms with van der Waals surface area (Å²) >= 11 is 0. The Balaban J connectivity index is 3.11. The van der Waals surface area contributed by atoms with Crippen LogP contribution in [0.1, 0.15) is 18.0 Å². The van der Waals surface area contributed by atoms with E-state index >= 15 is 0 Å². The number of anilines is 2. The van der Waals surface area contributed by atoms with Crippen molar-refractivity contribution >= 4 is 11.4 Å². The second-order valence-electron chi connectivity index (χ2n) is 4.60. The van der Waals surface area contributed by atoms with Crippen molar-refractivity contribution in [1.29, 1.82) is 0 Å². The highest BCUT2D eigenvalue weighted by molar-refractivity contribution is 5.56. The van der Waals surface area contributed by atoms with Crippen molar-refractivity contribution in [3.8, 4) is 0 Å². The van der Waals surface area contributed by atoms with Crippen molar-refractivity contribution in [2.45, 2.75) is 18.8 Å². The van der Waals surface area contributed by atoms with Crippen LogP contribution >= 0.6 is 0 Å². The van der Waals surface area contributed by atoms with Crippen LogP contribution in [-0.4, -0.2) is 57.9 Å². The lowest BCUT2D eigenvalue weighted by molar-refractivity contribution is -0.0647. The molecule has 1 rings (SSSR count). The van der Waals surface area contributed by atoms with Gasteiger partial charge >= 0.3 is 0 Å². The van der Waals surface area contributed by atoms with Gasteiger partial charge in [0.1, 0.15) is 0 Å². The van der Waals surface area contributed by atoms with Crippen LogP contribution in [0.25, 0.3) is 0 Å². The maximum Gasteiger partial charge on any atom is 0.153 e. The molecule has 1 aromatic rings. The largest absolute Gasteiger partial charge is 0.399 e. The summed E-state index contributed by atoms with van der Waals surface area (Å²) in [7, 11) is 0. The first-order valence-corrected chi connectivity index (χ1v) is 6.46. The Bertz CT molecular complexity index is 409. The lowest BCUT2D eigenvalue weighted by Crippen LogP contribution is -2.36. The van der Waals surface area contributed by atoms with Gasteiger partial charge in [0.25, 0.3) is 0 Å². The number of nitrogen functional groups attached to an aromatic ring is 2. The first-order valence-electron chi connectivity index (χ1n) is 6.46. The molecular weight excluding hydrogens is 262 g/mol. The fourth-order valence-corrected chi connectivity index (χ4v) is 2.23. The molecule has 0 radical (unpaired) electrons. The maximum absolute atomic E-state index is 9.26. The SMILES string of the molecule is Nc1ccc(N)c(C(CC(O)O)N(CCO)CCO)c1. The molecule has 0 aromatic heterocycles. The number of rotatable bonds is 8. The van der Waals surface area contributed by atoms with Gasteiger partial charge in [-0.2, -0.15) is 0 Å². The highest BCUT2D eigenvalue weighted by Gasteiger charge is 2.24. The Hall–Kier alpha value is -1.38. The summed E-state index contributed by atoms with van der Waals surface area (Å²) < 4.78 is 0. The second-order valence-corrected chi connectivity index (χ2v) is 4.60.